The molecule has 0 saturated heterocycles. The summed E-state index contributed by atoms with van der Waals surface area (Å²) >= 11 is 1.03. The lowest BCUT2D eigenvalue weighted by Crippen LogP contribution is -2.30. The van der Waals surface area contributed by atoms with Gasteiger partial charge in [-0.2, -0.15) is 8.75 Å². The zero-order valence-electron chi connectivity index (χ0n) is 16.7. The first-order chi connectivity index (χ1) is 14.8. The number of pyridine rings is 1. The van der Waals surface area contributed by atoms with Gasteiger partial charge < -0.3 is 9.64 Å². The molecule has 1 unspecified atom stereocenters. The van der Waals surface area contributed by atoms with Gasteiger partial charge in [0.25, 0.3) is 5.91 Å². The Morgan fingerprint density at radius 3 is 2.90 bits per heavy atom. The number of hydrogen-bond acceptors (Lipinski definition) is 6. The third-order valence-corrected chi connectivity index (χ3v) is 5.56. The lowest BCUT2D eigenvalue weighted by Gasteiger charge is -2.22. The molecule has 7 heteroatoms. The lowest BCUT2D eigenvalue weighted by atomic mass is 9.95. The van der Waals surface area contributed by atoms with Gasteiger partial charge in [-0.05, 0) is 55.0 Å². The molecule has 0 N–H and O–H groups in total. The summed E-state index contributed by atoms with van der Waals surface area (Å²) in [7, 11) is 0. The smallest absolute Gasteiger partial charge is 0.275 e. The molecule has 1 aliphatic rings. The number of carbonyl (C=O) groups excluding carboxylic acids is 1. The Morgan fingerprint density at radius 2 is 2.13 bits per heavy atom. The number of amides is 1. The van der Waals surface area contributed by atoms with E-state index < -0.39 is 0 Å². The molecule has 1 amide bonds. The van der Waals surface area contributed by atoms with Crippen molar-refractivity contribution in [3.63, 3.8) is 0 Å². The number of aromatic nitrogens is 3. The maximum absolute atomic E-state index is 13.0. The van der Waals surface area contributed by atoms with Gasteiger partial charge in [0, 0.05) is 12.7 Å². The monoisotopic (exact) mass is 420 g/mol. The van der Waals surface area contributed by atoms with Gasteiger partial charge in [-0.3, -0.25) is 9.78 Å². The summed E-state index contributed by atoms with van der Waals surface area (Å²) in [6, 6.07) is 13.7. The highest BCUT2D eigenvalue weighted by atomic mass is 32.1. The van der Waals surface area contributed by atoms with Crippen molar-refractivity contribution >= 4 is 17.6 Å². The standard InChI is InChI=1S/C23H24N4O2S/c28-23(22-14-25-30-26-22)27(16-20-10-4-5-12-24-20)15-19-9-6-11-21(13-19)29-17-18-7-2-1-3-8-18/h1-2,4-6,9-14,18H,3,7-8,15-17H2. The molecule has 3 aromatic rings. The number of benzene rings is 1. The SMILES string of the molecule is O=C(c1cnsn1)N(Cc1cccc(OCC2CC=CCC2)c1)Cc1ccccn1. The van der Waals surface area contributed by atoms with Crippen LogP contribution in [0.4, 0.5) is 0 Å². The Hall–Kier alpha value is -3.06. The minimum atomic E-state index is -0.158. The first kappa shape index (κ1) is 20.2. The van der Waals surface area contributed by atoms with Crippen LogP contribution in [0.2, 0.25) is 0 Å². The van der Waals surface area contributed by atoms with Crippen molar-refractivity contribution in [1.82, 2.24) is 18.6 Å². The van der Waals surface area contributed by atoms with Gasteiger partial charge in [0.05, 0.1) is 36.8 Å². The molecular weight excluding hydrogens is 396 g/mol. The molecule has 6 nitrogen and oxygen atoms in total. The molecule has 0 bridgehead atoms. The molecule has 0 fully saturated rings. The van der Waals surface area contributed by atoms with Crippen LogP contribution in [0.3, 0.4) is 0 Å². The Bertz CT molecular complexity index is 976. The summed E-state index contributed by atoms with van der Waals surface area (Å²) in [6.45, 7) is 1.56. The van der Waals surface area contributed by atoms with Crippen molar-refractivity contribution in [1.29, 1.82) is 0 Å². The van der Waals surface area contributed by atoms with Crippen molar-refractivity contribution in [2.45, 2.75) is 32.4 Å². The van der Waals surface area contributed by atoms with Crippen LogP contribution in [-0.4, -0.2) is 31.1 Å². The van der Waals surface area contributed by atoms with E-state index in [4.69, 9.17) is 4.74 Å². The average Bonchev–Trinajstić information content (AvgIpc) is 3.33. The topological polar surface area (TPSA) is 68.2 Å². The van der Waals surface area contributed by atoms with Crippen molar-refractivity contribution in [3.8, 4) is 5.75 Å². The van der Waals surface area contributed by atoms with Crippen LogP contribution in [0.5, 0.6) is 5.75 Å². The van der Waals surface area contributed by atoms with Gasteiger partial charge in [-0.15, -0.1) is 0 Å². The van der Waals surface area contributed by atoms with Crippen molar-refractivity contribution < 1.29 is 9.53 Å². The predicted molar refractivity (Wildman–Crippen MR) is 116 cm³/mol. The second-order valence-corrected chi connectivity index (χ2v) is 7.94. The molecule has 154 valence electrons. The Kier molecular flexibility index (Phi) is 6.82. The summed E-state index contributed by atoms with van der Waals surface area (Å²) in [5.74, 6) is 1.25. The van der Waals surface area contributed by atoms with E-state index in [1.807, 2.05) is 42.5 Å². The highest BCUT2D eigenvalue weighted by molar-refractivity contribution is 6.99. The number of nitrogens with zero attached hydrogens (tertiary/aromatic N) is 4. The molecule has 0 saturated carbocycles. The predicted octanol–water partition coefficient (Wildman–Crippen LogP) is 4.51. The van der Waals surface area contributed by atoms with Crippen LogP contribution < -0.4 is 4.74 Å². The van der Waals surface area contributed by atoms with E-state index in [9.17, 15) is 4.79 Å². The van der Waals surface area contributed by atoms with Crippen LogP contribution >= 0.6 is 11.7 Å². The van der Waals surface area contributed by atoms with Gasteiger partial charge in [-0.1, -0.05) is 30.4 Å². The Labute approximate surface area is 180 Å². The molecule has 0 spiro atoms. The molecule has 1 aromatic carbocycles. The maximum atomic E-state index is 13.0. The minimum Gasteiger partial charge on any atom is -0.493 e. The molecule has 2 heterocycles. The van der Waals surface area contributed by atoms with Gasteiger partial charge in [0.1, 0.15) is 5.75 Å². The highest BCUT2D eigenvalue weighted by Crippen LogP contribution is 2.22. The Balaban J connectivity index is 1.46. The summed E-state index contributed by atoms with van der Waals surface area (Å²) in [5, 5.41) is 0. The van der Waals surface area contributed by atoms with E-state index >= 15 is 0 Å². The molecular formula is C23H24N4O2S. The van der Waals surface area contributed by atoms with Crippen molar-refractivity contribution in [2.75, 3.05) is 6.61 Å². The number of carbonyl (C=O) groups is 1. The normalized spacial score (nSPS) is 15.7. The number of ether oxygens (including phenoxy) is 1. The molecule has 0 radical (unpaired) electrons. The molecule has 1 aliphatic carbocycles. The van der Waals surface area contributed by atoms with E-state index in [1.54, 1.807) is 11.1 Å². The fraction of sp³-hybridized carbons (Fsp3) is 0.304. The zero-order chi connectivity index (χ0) is 20.6. The molecule has 1 atom stereocenters. The van der Waals surface area contributed by atoms with E-state index in [2.05, 4.69) is 25.9 Å². The summed E-state index contributed by atoms with van der Waals surface area (Å²) < 4.78 is 14.1. The lowest BCUT2D eigenvalue weighted by molar-refractivity contribution is 0.0722. The zero-order valence-corrected chi connectivity index (χ0v) is 17.5. The second kappa shape index (κ2) is 10.1. The second-order valence-electron chi connectivity index (χ2n) is 7.38. The summed E-state index contributed by atoms with van der Waals surface area (Å²) in [4.78, 5) is 19.1. The molecule has 0 aliphatic heterocycles. The fourth-order valence-electron chi connectivity index (χ4n) is 3.48. The quantitative estimate of drug-likeness (QED) is 0.502. The van der Waals surface area contributed by atoms with Crippen molar-refractivity contribution in [2.24, 2.45) is 5.92 Å². The largest absolute Gasteiger partial charge is 0.493 e. The number of hydrogen-bond donors (Lipinski definition) is 0. The maximum Gasteiger partial charge on any atom is 0.275 e. The fourth-order valence-corrected chi connectivity index (χ4v) is 3.89. The molecule has 2 aromatic heterocycles. The van der Waals surface area contributed by atoms with E-state index in [0.29, 0.717) is 24.7 Å². The summed E-state index contributed by atoms with van der Waals surface area (Å²) in [6.07, 6.45) is 11.1. The van der Waals surface area contributed by atoms with Crippen molar-refractivity contribution in [3.05, 3.63) is 84.0 Å². The van der Waals surface area contributed by atoms with E-state index in [1.165, 1.54) is 12.6 Å². The first-order valence-electron chi connectivity index (χ1n) is 10.1. The minimum absolute atomic E-state index is 0.158. The van der Waals surface area contributed by atoms with Crippen LogP contribution in [0.25, 0.3) is 0 Å². The third kappa shape index (κ3) is 5.51. The van der Waals surface area contributed by atoms with Gasteiger partial charge in [0.15, 0.2) is 5.69 Å². The van der Waals surface area contributed by atoms with Crippen LogP contribution in [0.15, 0.2) is 67.0 Å². The summed E-state index contributed by atoms with van der Waals surface area (Å²) in [5.41, 5.74) is 2.18. The molecule has 4 rings (SSSR count). The first-order valence-corrected chi connectivity index (χ1v) is 10.8. The van der Waals surface area contributed by atoms with E-state index in [0.717, 1.165) is 48.2 Å². The third-order valence-electron chi connectivity index (χ3n) is 5.08. The van der Waals surface area contributed by atoms with Gasteiger partial charge in [-0.25, -0.2) is 0 Å². The highest BCUT2D eigenvalue weighted by Gasteiger charge is 2.20. The van der Waals surface area contributed by atoms with Crippen LogP contribution in [0, 0.1) is 5.92 Å². The van der Waals surface area contributed by atoms with Gasteiger partial charge in [0.2, 0.25) is 0 Å². The number of allylic oxidation sites excluding steroid dienone is 2. The molecule has 30 heavy (non-hydrogen) atoms. The van der Waals surface area contributed by atoms with E-state index in [-0.39, 0.29) is 5.91 Å². The Morgan fingerprint density at radius 1 is 1.17 bits per heavy atom. The van der Waals surface area contributed by atoms with Crippen LogP contribution in [0.1, 0.15) is 41.0 Å². The van der Waals surface area contributed by atoms with Crippen LogP contribution in [-0.2, 0) is 13.1 Å². The number of rotatable bonds is 8. The average molecular weight is 421 g/mol. The van der Waals surface area contributed by atoms with Gasteiger partial charge >= 0.3 is 0 Å².